The Balaban J connectivity index is 2.69. The summed E-state index contributed by atoms with van der Waals surface area (Å²) in [4.78, 5) is 33.3. The molecule has 7 heteroatoms. The van der Waals surface area contributed by atoms with Crippen LogP contribution in [0.5, 0.6) is 5.75 Å². The van der Waals surface area contributed by atoms with Crippen molar-refractivity contribution < 1.29 is 29.3 Å². The summed E-state index contributed by atoms with van der Waals surface area (Å²) in [6.07, 6.45) is 0.177. The zero-order valence-electron chi connectivity index (χ0n) is 11.5. The molecule has 0 bridgehead atoms. The molecule has 0 saturated carbocycles. The average molecular weight is 295 g/mol. The summed E-state index contributed by atoms with van der Waals surface area (Å²) in [6, 6.07) is 4.70. The van der Waals surface area contributed by atoms with Gasteiger partial charge >= 0.3 is 11.9 Å². The number of carboxylic acids is 2. The number of hydrogen-bond acceptors (Lipinski definition) is 4. The quantitative estimate of drug-likeness (QED) is 0.662. The van der Waals surface area contributed by atoms with Gasteiger partial charge in [-0.3, -0.25) is 9.59 Å². The van der Waals surface area contributed by atoms with Crippen LogP contribution >= 0.6 is 0 Å². The lowest BCUT2D eigenvalue weighted by atomic mass is 10.1. The van der Waals surface area contributed by atoms with Crippen LogP contribution in [0.4, 0.5) is 0 Å². The fourth-order valence-electron chi connectivity index (χ4n) is 1.54. The maximum Gasteiger partial charge on any atom is 0.326 e. The van der Waals surface area contributed by atoms with E-state index in [0.29, 0.717) is 12.4 Å². The number of nitrogens with one attached hydrogen (secondary N) is 1. The van der Waals surface area contributed by atoms with Crippen LogP contribution in [0.25, 0.3) is 0 Å². The number of aliphatic carboxylic acids is 2. The number of benzene rings is 1. The third-order valence-corrected chi connectivity index (χ3v) is 2.57. The van der Waals surface area contributed by atoms with E-state index in [1.54, 1.807) is 12.1 Å². The molecule has 0 aliphatic heterocycles. The molecule has 0 fully saturated rings. The first-order chi connectivity index (χ1) is 9.93. The van der Waals surface area contributed by atoms with Crippen molar-refractivity contribution in [1.82, 2.24) is 5.32 Å². The van der Waals surface area contributed by atoms with E-state index in [4.69, 9.17) is 14.9 Å². The van der Waals surface area contributed by atoms with E-state index in [1.165, 1.54) is 12.1 Å². The monoisotopic (exact) mass is 295 g/mol. The molecule has 1 rings (SSSR count). The predicted molar refractivity (Wildman–Crippen MR) is 73.4 cm³/mol. The van der Waals surface area contributed by atoms with Gasteiger partial charge in [-0.2, -0.15) is 0 Å². The smallest absolute Gasteiger partial charge is 0.326 e. The molecule has 1 atom stereocenters. The van der Waals surface area contributed by atoms with Crippen molar-refractivity contribution in [3.63, 3.8) is 0 Å². The maximum absolute atomic E-state index is 11.9. The first-order valence-electron chi connectivity index (χ1n) is 6.42. The molecule has 21 heavy (non-hydrogen) atoms. The standard InChI is InChI=1S/C14H17NO6/c1-2-7-21-10-5-3-9(4-6-10)13(18)15-11(14(19)20)8-12(16)17/h3-6,11H,2,7-8H2,1H3,(H,15,18)(H,16,17)(H,19,20)/t11-/m1/s1. The van der Waals surface area contributed by atoms with Gasteiger partial charge in [0.05, 0.1) is 13.0 Å². The second-order valence-corrected chi connectivity index (χ2v) is 4.33. The van der Waals surface area contributed by atoms with Gasteiger partial charge in [-0.15, -0.1) is 0 Å². The predicted octanol–water partition coefficient (Wildman–Crippen LogP) is 1.13. The van der Waals surface area contributed by atoms with Crippen LogP contribution in [-0.2, 0) is 9.59 Å². The van der Waals surface area contributed by atoms with E-state index in [2.05, 4.69) is 5.32 Å². The Labute approximate surface area is 121 Å². The van der Waals surface area contributed by atoms with Gasteiger partial charge in [0.15, 0.2) is 0 Å². The van der Waals surface area contributed by atoms with Gasteiger partial charge in [-0.1, -0.05) is 6.92 Å². The Bertz CT molecular complexity index is 511. The fraction of sp³-hybridized carbons (Fsp3) is 0.357. The molecule has 1 aromatic rings. The molecule has 0 heterocycles. The molecule has 114 valence electrons. The summed E-state index contributed by atoms with van der Waals surface area (Å²) < 4.78 is 5.36. The van der Waals surface area contributed by atoms with E-state index in [0.717, 1.165) is 6.42 Å². The SMILES string of the molecule is CCCOc1ccc(C(=O)N[C@H](CC(=O)O)C(=O)O)cc1. The molecule has 7 nitrogen and oxygen atoms in total. The number of amides is 1. The van der Waals surface area contributed by atoms with Crippen molar-refractivity contribution in [2.45, 2.75) is 25.8 Å². The van der Waals surface area contributed by atoms with Crippen LogP contribution in [0.3, 0.4) is 0 Å². The second-order valence-electron chi connectivity index (χ2n) is 4.33. The van der Waals surface area contributed by atoms with Crippen LogP contribution < -0.4 is 10.1 Å². The molecule has 3 N–H and O–H groups in total. The minimum Gasteiger partial charge on any atom is -0.494 e. The van der Waals surface area contributed by atoms with E-state index < -0.39 is 30.3 Å². The number of carbonyl (C=O) groups excluding carboxylic acids is 1. The number of carboxylic acid groups (broad SMARTS) is 2. The van der Waals surface area contributed by atoms with Gasteiger partial charge in [-0.05, 0) is 30.7 Å². The molecule has 0 saturated heterocycles. The van der Waals surface area contributed by atoms with Crippen molar-refractivity contribution in [2.24, 2.45) is 0 Å². The molecule has 1 amide bonds. The number of rotatable bonds is 8. The summed E-state index contributed by atoms with van der Waals surface area (Å²) in [5.41, 5.74) is 0.232. The van der Waals surface area contributed by atoms with Crippen molar-refractivity contribution in [1.29, 1.82) is 0 Å². The summed E-state index contributed by atoms with van der Waals surface area (Å²) in [5.74, 6) is -2.74. The van der Waals surface area contributed by atoms with Crippen LogP contribution in [0.15, 0.2) is 24.3 Å². The van der Waals surface area contributed by atoms with Crippen molar-refractivity contribution >= 4 is 17.8 Å². The Morgan fingerprint density at radius 1 is 1.19 bits per heavy atom. The third kappa shape index (κ3) is 5.52. The normalized spacial score (nSPS) is 11.5. The largest absolute Gasteiger partial charge is 0.494 e. The highest BCUT2D eigenvalue weighted by atomic mass is 16.5. The molecule has 0 spiro atoms. The van der Waals surface area contributed by atoms with Crippen molar-refractivity contribution in [2.75, 3.05) is 6.61 Å². The van der Waals surface area contributed by atoms with E-state index in [1.807, 2.05) is 6.92 Å². The average Bonchev–Trinajstić information content (AvgIpc) is 2.44. The van der Waals surface area contributed by atoms with Crippen molar-refractivity contribution in [3.8, 4) is 5.75 Å². The van der Waals surface area contributed by atoms with Crippen LogP contribution in [0, 0.1) is 0 Å². The maximum atomic E-state index is 11.9. The van der Waals surface area contributed by atoms with Gasteiger partial charge in [0.1, 0.15) is 11.8 Å². The van der Waals surface area contributed by atoms with E-state index in [9.17, 15) is 14.4 Å². The van der Waals surface area contributed by atoms with Gasteiger partial charge < -0.3 is 20.3 Å². The Morgan fingerprint density at radius 3 is 2.29 bits per heavy atom. The lowest BCUT2D eigenvalue weighted by Crippen LogP contribution is -2.42. The first-order valence-corrected chi connectivity index (χ1v) is 6.42. The van der Waals surface area contributed by atoms with Gasteiger partial charge in [0, 0.05) is 5.56 Å². The molecule has 0 unspecified atom stereocenters. The second kappa shape index (κ2) is 7.88. The number of ether oxygens (including phenoxy) is 1. The lowest BCUT2D eigenvalue weighted by Gasteiger charge is -2.12. The third-order valence-electron chi connectivity index (χ3n) is 2.57. The van der Waals surface area contributed by atoms with Crippen molar-refractivity contribution in [3.05, 3.63) is 29.8 Å². The summed E-state index contributed by atoms with van der Waals surface area (Å²) in [7, 11) is 0. The highest BCUT2D eigenvalue weighted by molar-refractivity contribution is 5.97. The molecule has 0 aromatic heterocycles. The van der Waals surface area contributed by atoms with Crippen LogP contribution in [0.2, 0.25) is 0 Å². The zero-order valence-corrected chi connectivity index (χ0v) is 11.5. The molecule has 0 aliphatic carbocycles. The minimum absolute atomic E-state index is 0.232. The molecular formula is C14H17NO6. The molecular weight excluding hydrogens is 278 g/mol. The zero-order chi connectivity index (χ0) is 15.8. The molecule has 0 radical (unpaired) electrons. The summed E-state index contributed by atoms with van der Waals surface area (Å²) in [5, 5.41) is 19.6. The first kappa shape index (κ1) is 16.5. The highest BCUT2D eigenvalue weighted by Gasteiger charge is 2.23. The van der Waals surface area contributed by atoms with Gasteiger partial charge in [0.25, 0.3) is 5.91 Å². The van der Waals surface area contributed by atoms with Crippen LogP contribution in [0.1, 0.15) is 30.1 Å². The van der Waals surface area contributed by atoms with Gasteiger partial charge in [0.2, 0.25) is 0 Å². The highest BCUT2D eigenvalue weighted by Crippen LogP contribution is 2.12. The Kier molecular flexibility index (Phi) is 6.19. The molecule has 1 aromatic carbocycles. The topological polar surface area (TPSA) is 113 Å². The van der Waals surface area contributed by atoms with E-state index >= 15 is 0 Å². The summed E-state index contributed by atoms with van der Waals surface area (Å²) >= 11 is 0. The van der Waals surface area contributed by atoms with Crippen LogP contribution in [-0.4, -0.2) is 40.7 Å². The summed E-state index contributed by atoms with van der Waals surface area (Å²) in [6.45, 7) is 2.53. The Hall–Kier alpha value is -2.57. The fourth-order valence-corrected chi connectivity index (χ4v) is 1.54. The molecule has 0 aliphatic rings. The Morgan fingerprint density at radius 2 is 1.81 bits per heavy atom. The van der Waals surface area contributed by atoms with E-state index in [-0.39, 0.29) is 5.56 Å². The number of hydrogen-bond donors (Lipinski definition) is 3. The lowest BCUT2D eigenvalue weighted by molar-refractivity contribution is -0.145. The minimum atomic E-state index is -1.47. The number of carbonyl (C=O) groups is 3. The van der Waals surface area contributed by atoms with Gasteiger partial charge in [-0.25, -0.2) is 4.79 Å².